The zero-order valence-corrected chi connectivity index (χ0v) is 21.0. The summed E-state index contributed by atoms with van der Waals surface area (Å²) >= 11 is 0.672. The van der Waals surface area contributed by atoms with E-state index in [9.17, 15) is 31.5 Å². The number of alkyl halides is 3. The van der Waals surface area contributed by atoms with Crippen LogP contribution in [0.25, 0.3) is 10.6 Å². The van der Waals surface area contributed by atoms with Crippen LogP contribution in [0, 0.1) is 0 Å². The number of carbonyl (C=O) groups is 1. The molecule has 1 aliphatic carbocycles. The van der Waals surface area contributed by atoms with Crippen molar-refractivity contribution in [3.63, 3.8) is 0 Å². The molecule has 0 bridgehead atoms. The molecule has 194 valence electrons. The number of carboxylic acid groups (broad SMARTS) is 1. The van der Waals surface area contributed by atoms with Gasteiger partial charge in [0.1, 0.15) is 15.4 Å². The van der Waals surface area contributed by atoms with E-state index < -0.39 is 38.9 Å². The maximum absolute atomic E-state index is 13.3. The van der Waals surface area contributed by atoms with Gasteiger partial charge in [-0.05, 0) is 37.2 Å². The lowest BCUT2D eigenvalue weighted by molar-refractivity contribution is -0.155. The van der Waals surface area contributed by atoms with Crippen molar-refractivity contribution >= 4 is 27.3 Å². The molecule has 2 atom stereocenters. The van der Waals surface area contributed by atoms with Crippen LogP contribution < -0.4 is 4.72 Å². The van der Waals surface area contributed by atoms with Gasteiger partial charge in [0.15, 0.2) is 0 Å². The van der Waals surface area contributed by atoms with Crippen LogP contribution >= 0.6 is 11.3 Å². The Labute approximate surface area is 209 Å². The number of nitrogens with one attached hydrogen (secondary N) is 1. The SMILES string of the molecule is CCN(CC)C[C@@]1(c2ccccc2)C[C@]1(NS(=O)(=O)c1ccc(-c2cc(C(F)(F)F)on2)s1)C(=O)O. The summed E-state index contributed by atoms with van der Waals surface area (Å²) in [6.07, 6.45) is -4.68. The molecule has 1 saturated carbocycles. The highest BCUT2D eigenvalue weighted by atomic mass is 32.2. The fourth-order valence-corrected chi connectivity index (χ4v) is 7.17. The Bertz CT molecular complexity index is 1350. The molecule has 1 aliphatic rings. The first-order chi connectivity index (χ1) is 16.9. The fraction of sp³-hybridized carbons (Fsp3) is 0.391. The van der Waals surface area contributed by atoms with Gasteiger partial charge in [-0.2, -0.15) is 17.9 Å². The van der Waals surface area contributed by atoms with Crippen molar-refractivity contribution in [2.24, 2.45) is 0 Å². The summed E-state index contributed by atoms with van der Waals surface area (Å²) in [5, 5.41) is 13.6. The Morgan fingerprint density at radius 1 is 1.19 bits per heavy atom. The third-order valence-corrected chi connectivity index (χ3v) is 9.63. The van der Waals surface area contributed by atoms with E-state index in [1.165, 1.54) is 12.1 Å². The molecule has 0 unspecified atom stereocenters. The number of nitrogens with zero attached hydrogens (tertiary/aromatic N) is 2. The van der Waals surface area contributed by atoms with Gasteiger partial charge in [0.05, 0.1) is 4.88 Å². The van der Waals surface area contributed by atoms with Crippen LogP contribution in [0.1, 0.15) is 31.6 Å². The van der Waals surface area contributed by atoms with E-state index in [4.69, 9.17) is 0 Å². The van der Waals surface area contributed by atoms with Gasteiger partial charge in [-0.25, -0.2) is 8.42 Å². The number of sulfonamides is 1. The first-order valence-electron chi connectivity index (χ1n) is 11.1. The summed E-state index contributed by atoms with van der Waals surface area (Å²) < 4.78 is 71.7. The third kappa shape index (κ3) is 4.56. The van der Waals surface area contributed by atoms with Crippen molar-refractivity contribution in [1.82, 2.24) is 14.8 Å². The van der Waals surface area contributed by atoms with E-state index in [0.29, 0.717) is 42.6 Å². The molecule has 2 heterocycles. The number of aromatic nitrogens is 1. The Hall–Kier alpha value is -2.74. The van der Waals surface area contributed by atoms with E-state index in [2.05, 4.69) is 14.4 Å². The lowest BCUT2D eigenvalue weighted by Crippen LogP contribution is -2.51. The van der Waals surface area contributed by atoms with E-state index >= 15 is 0 Å². The van der Waals surface area contributed by atoms with Gasteiger partial charge < -0.3 is 14.5 Å². The highest BCUT2D eigenvalue weighted by Crippen LogP contribution is 2.59. The van der Waals surface area contributed by atoms with E-state index in [1.54, 1.807) is 30.3 Å². The van der Waals surface area contributed by atoms with Crippen LogP contribution in [-0.4, -0.2) is 54.7 Å². The van der Waals surface area contributed by atoms with Crippen LogP contribution in [0.2, 0.25) is 0 Å². The lowest BCUT2D eigenvalue weighted by atomic mass is 9.90. The van der Waals surface area contributed by atoms with Gasteiger partial charge in [0, 0.05) is 18.0 Å². The molecule has 0 saturated heterocycles. The quantitative estimate of drug-likeness (QED) is 0.394. The monoisotopic (exact) mass is 543 g/mol. The molecular formula is C23H24F3N3O5S2. The Morgan fingerprint density at radius 2 is 1.86 bits per heavy atom. The van der Waals surface area contributed by atoms with Gasteiger partial charge in [-0.15, -0.1) is 11.3 Å². The lowest BCUT2D eigenvalue weighted by Gasteiger charge is -2.30. The van der Waals surface area contributed by atoms with Gasteiger partial charge in [-0.3, -0.25) is 4.79 Å². The number of thiophene rings is 1. The molecule has 36 heavy (non-hydrogen) atoms. The first-order valence-corrected chi connectivity index (χ1v) is 13.4. The van der Waals surface area contributed by atoms with E-state index in [1.807, 2.05) is 18.7 Å². The molecule has 2 N–H and O–H groups in total. The smallest absolute Gasteiger partial charge is 0.452 e. The van der Waals surface area contributed by atoms with E-state index in [-0.39, 0.29) is 21.2 Å². The van der Waals surface area contributed by atoms with Crippen LogP contribution in [0.15, 0.2) is 57.3 Å². The number of rotatable bonds is 10. The van der Waals surface area contributed by atoms with Crippen molar-refractivity contribution in [1.29, 1.82) is 0 Å². The molecule has 0 aliphatic heterocycles. The largest absolute Gasteiger partial charge is 0.480 e. The number of likely N-dealkylation sites (N-methyl/N-ethyl adjacent to an activating group) is 1. The molecule has 0 radical (unpaired) electrons. The predicted octanol–water partition coefficient (Wildman–Crippen LogP) is 4.21. The number of hydrogen-bond donors (Lipinski definition) is 2. The molecule has 8 nitrogen and oxygen atoms in total. The van der Waals surface area contributed by atoms with Gasteiger partial charge >= 0.3 is 12.1 Å². The molecule has 13 heteroatoms. The standard InChI is InChI=1S/C23H24F3N3O5S2/c1-3-29(4-2)14-21(15-8-6-5-7-9-15)13-22(21,20(30)31)28-36(32,33)19-11-10-17(35-19)16-12-18(34-27-16)23(24,25)26/h5-12,28H,3-4,13-14H2,1-2H3,(H,30,31)/t21-,22+/m1/s1. The molecule has 1 aromatic carbocycles. The maximum Gasteiger partial charge on any atom is 0.452 e. The van der Waals surface area contributed by atoms with Crippen molar-refractivity contribution < 1.29 is 36.0 Å². The number of aliphatic carboxylic acids is 1. The minimum Gasteiger partial charge on any atom is -0.480 e. The minimum atomic E-state index is -4.73. The molecule has 1 fully saturated rings. The summed E-state index contributed by atoms with van der Waals surface area (Å²) in [6.45, 7) is 5.52. The van der Waals surface area contributed by atoms with Crippen LogP contribution in [0.4, 0.5) is 13.2 Å². The maximum atomic E-state index is 13.3. The second-order valence-corrected chi connectivity index (χ2v) is 11.6. The number of benzene rings is 1. The van der Waals surface area contributed by atoms with Crippen molar-refractivity contribution in [3.05, 3.63) is 59.9 Å². The van der Waals surface area contributed by atoms with Crippen LogP contribution in [-0.2, 0) is 26.4 Å². The van der Waals surface area contributed by atoms with Gasteiger partial charge in [-0.1, -0.05) is 49.3 Å². The molecule has 4 rings (SSSR count). The molecular weight excluding hydrogens is 519 g/mol. The second-order valence-electron chi connectivity index (χ2n) is 8.60. The van der Waals surface area contributed by atoms with E-state index in [0.717, 1.165) is 0 Å². The Kier molecular flexibility index (Phi) is 6.79. The molecule has 0 spiro atoms. The zero-order chi connectivity index (χ0) is 26.4. The second kappa shape index (κ2) is 9.29. The van der Waals surface area contributed by atoms with Crippen molar-refractivity contribution in [2.45, 2.75) is 41.6 Å². The number of hydrogen-bond acceptors (Lipinski definition) is 7. The topological polar surface area (TPSA) is 113 Å². The normalized spacial score (nSPS) is 22.2. The van der Waals surface area contributed by atoms with Crippen molar-refractivity contribution in [3.8, 4) is 10.6 Å². The fourth-order valence-electron chi connectivity index (χ4n) is 4.49. The number of carboxylic acids is 1. The third-order valence-electron chi connectivity index (χ3n) is 6.54. The average molecular weight is 544 g/mol. The molecule has 3 aromatic rings. The Morgan fingerprint density at radius 3 is 2.42 bits per heavy atom. The van der Waals surface area contributed by atoms with Gasteiger partial charge in [0.25, 0.3) is 10.0 Å². The van der Waals surface area contributed by atoms with Crippen molar-refractivity contribution in [2.75, 3.05) is 19.6 Å². The summed E-state index contributed by atoms with van der Waals surface area (Å²) in [5.74, 6) is -2.61. The summed E-state index contributed by atoms with van der Waals surface area (Å²) in [7, 11) is -4.35. The minimum absolute atomic E-state index is 0.0472. The average Bonchev–Trinajstić information content (AvgIpc) is 3.23. The predicted molar refractivity (Wildman–Crippen MR) is 126 cm³/mol. The van der Waals surface area contributed by atoms with Crippen LogP contribution in [0.5, 0.6) is 0 Å². The Balaban J connectivity index is 1.68. The first kappa shape index (κ1) is 26.3. The summed E-state index contributed by atoms with van der Waals surface area (Å²) in [5.41, 5.74) is -2.27. The highest BCUT2D eigenvalue weighted by molar-refractivity contribution is 7.91. The zero-order valence-electron chi connectivity index (χ0n) is 19.4. The summed E-state index contributed by atoms with van der Waals surface area (Å²) in [4.78, 5) is 14.8. The van der Waals surface area contributed by atoms with Gasteiger partial charge in [0.2, 0.25) is 5.76 Å². The molecule has 2 aromatic heterocycles. The summed E-state index contributed by atoms with van der Waals surface area (Å²) in [6, 6.07) is 12.1. The molecule has 0 amide bonds. The highest BCUT2D eigenvalue weighted by Gasteiger charge is 2.75. The van der Waals surface area contributed by atoms with Crippen LogP contribution in [0.3, 0.4) is 0 Å². The number of halogens is 3.